The van der Waals surface area contributed by atoms with Gasteiger partial charge in [0.25, 0.3) is 0 Å². The van der Waals surface area contributed by atoms with E-state index in [-0.39, 0.29) is 11.5 Å². The van der Waals surface area contributed by atoms with Crippen LogP contribution in [0.3, 0.4) is 0 Å². The molecule has 3 heteroatoms. The molecule has 3 nitrogen and oxygen atoms in total. The molecule has 100 valence electrons. The van der Waals surface area contributed by atoms with Gasteiger partial charge in [-0.25, -0.2) is 0 Å². The second-order valence-electron chi connectivity index (χ2n) is 6.11. The van der Waals surface area contributed by atoms with E-state index >= 15 is 0 Å². The Morgan fingerprint density at radius 2 is 2.06 bits per heavy atom. The van der Waals surface area contributed by atoms with Crippen molar-refractivity contribution in [1.82, 2.24) is 5.32 Å². The minimum Gasteiger partial charge on any atom is -0.466 e. The van der Waals surface area contributed by atoms with Crippen LogP contribution in [0.2, 0.25) is 0 Å². The molecule has 1 rings (SSSR count). The summed E-state index contributed by atoms with van der Waals surface area (Å²) in [6, 6.07) is 0. The monoisotopic (exact) mass is 241 g/mol. The molecular weight excluding hydrogens is 214 g/mol. The summed E-state index contributed by atoms with van der Waals surface area (Å²) >= 11 is 0. The molecule has 1 aliphatic rings. The summed E-state index contributed by atoms with van der Waals surface area (Å²) in [4.78, 5) is 11.8. The first kappa shape index (κ1) is 14.5. The number of esters is 1. The van der Waals surface area contributed by atoms with Crippen molar-refractivity contribution in [1.29, 1.82) is 0 Å². The Labute approximate surface area is 105 Å². The molecular formula is C14H27NO2. The maximum Gasteiger partial charge on any atom is 0.307 e. The van der Waals surface area contributed by atoms with Crippen molar-refractivity contribution in [2.75, 3.05) is 13.2 Å². The summed E-state index contributed by atoms with van der Waals surface area (Å²) in [5.41, 5.74) is 0.249. The highest BCUT2D eigenvalue weighted by Gasteiger charge is 2.49. The van der Waals surface area contributed by atoms with Gasteiger partial charge in [-0.2, -0.15) is 0 Å². The van der Waals surface area contributed by atoms with Gasteiger partial charge in [-0.05, 0) is 37.6 Å². The molecule has 1 N–H and O–H groups in total. The highest BCUT2D eigenvalue weighted by molar-refractivity contribution is 5.71. The van der Waals surface area contributed by atoms with Crippen molar-refractivity contribution in [2.45, 2.75) is 59.4 Å². The number of hydrogen-bond acceptors (Lipinski definition) is 3. The van der Waals surface area contributed by atoms with Crippen LogP contribution in [0, 0.1) is 11.3 Å². The first-order chi connectivity index (χ1) is 7.85. The van der Waals surface area contributed by atoms with Gasteiger partial charge in [0, 0.05) is 5.54 Å². The molecule has 0 bridgehead atoms. The van der Waals surface area contributed by atoms with E-state index in [9.17, 15) is 4.79 Å². The van der Waals surface area contributed by atoms with Crippen LogP contribution in [0.25, 0.3) is 0 Å². The molecule has 1 saturated carbocycles. The smallest absolute Gasteiger partial charge is 0.307 e. The lowest BCUT2D eigenvalue weighted by atomic mass is 9.83. The van der Waals surface area contributed by atoms with E-state index in [1.807, 2.05) is 6.92 Å². The van der Waals surface area contributed by atoms with Crippen LogP contribution in [0.4, 0.5) is 0 Å². The van der Waals surface area contributed by atoms with Crippen LogP contribution in [0.5, 0.6) is 0 Å². The van der Waals surface area contributed by atoms with Gasteiger partial charge in [-0.3, -0.25) is 4.79 Å². The van der Waals surface area contributed by atoms with Crippen LogP contribution >= 0.6 is 0 Å². The standard InChI is InChI=1S/C14H27NO2/c1-6-15-14(9-12(16)17-7-2)10-13(4,5)8-11(14)3/h11,15H,6-10H2,1-5H3. The van der Waals surface area contributed by atoms with E-state index in [0.29, 0.717) is 24.4 Å². The summed E-state index contributed by atoms with van der Waals surface area (Å²) in [6.07, 6.45) is 2.71. The van der Waals surface area contributed by atoms with E-state index < -0.39 is 0 Å². The normalized spacial score (nSPS) is 31.5. The van der Waals surface area contributed by atoms with Crippen molar-refractivity contribution in [3.8, 4) is 0 Å². The molecule has 0 aromatic heterocycles. The highest BCUT2D eigenvalue weighted by atomic mass is 16.5. The average molecular weight is 241 g/mol. The van der Waals surface area contributed by atoms with Gasteiger partial charge in [0.05, 0.1) is 13.0 Å². The van der Waals surface area contributed by atoms with Crippen LogP contribution in [-0.2, 0) is 9.53 Å². The lowest BCUT2D eigenvalue weighted by Gasteiger charge is -2.34. The molecule has 0 spiro atoms. The van der Waals surface area contributed by atoms with Crippen LogP contribution in [0.1, 0.15) is 53.9 Å². The van der Waals surface area contributed by atoms with E-state index in [1.54, 1.807) is 0 Å². The van der Waals surface area contributed by atoms with Gasteiger partial charge < -0.3 is 10.1 Å². The predicted octanol–water partition coefficient (Wildman–Crippen LogP) is 2.74. The van der Waals surface area contributed by atoms with Gasteiger partial charge in [-0.1, -0.05) is 27.7 Å². The Morgan fingerprint density at radius 1 is 1.41 bits per heavy atom. The maximum atomic E-state index is 11.8. The third-order valence-corrected chi connectivity index (χ3v) is 3.89. The molecule has 1 fully saturated rings. The summed E-state index contributed by atoms with van der Waals surface area (Å²) in [5, 5.41) is 3.55. The average Bonchev–Trinajstić information content (AvgIpc) is 2.36. The Hall–Kier alpha value is -0.570. The lowest BCUT2D eigenvalue weighted by Crippen LogP contribution is -2.49. The SMILES string of the molecule is CCNC1(CC(=O)OCC)CC(C)(C)CC1C. The Balaban J connectivity index is 2.79. The first-order valence-corrected chi connectivity index (χ1v) is 6.76. The maximum absolute atomic E-state index is 11.8. The Kier molecular flexibility index (Phi) is 4.59. The Morgan fingerprint density at radius 3 is 2.47 bits per heavy atom. The van der Waals surface area contributed by atoms with Gasteiger partial charge in [0.15, 0.2) is 0 Å². The second kappa shape index (κ2) is 5.38. The molecule has 0 saturated heterocycles. The van der Waals surface area contributed by atoms with E-state index in [1.165, 1.54) is 6.42 Å². The molecule has 0 aromatic carbocycles. The first-order valence-electron chi connectivity index (χ1n) is 6.76. The molecule has 0 amide bonds. The Bertz CT molecular complexity index is 275. The van der Waals surface area contributed by atoms with Crippen molar-refractivity contribution >= 4 is 5.97 Å². The van der Waals surface area contributed by atoms with Gasteiger partial charge in [0.2, 0.25) is 0 Å². The molecule has 0 radical (unpaired) electrons. The zero-order valence-electron chi connectivity index (χ0n) is 11.9. The molecule has 2 unspecified atom stereocenters. The molecule has 0 aromatic rings. The zero-order valence-corrected chi connectivity index (χ0v) is 11.9. The second-order valence-corrected chi connectivity index (χ2v) is 6.11. The van der Waals surface area contributed by atoms with Crippen molar-refractivity contribution in [2.24, 2.45) is 11.3 Å². The molecule has 1 aliphatic carbocycles. The van der Waals surface area contributed by atoms with E-state index in [2.05, 4.69) is 33.0 Å². The molecule has 0 heterocycles. The minimum atomic E-state index is -0.0713. The fraction of sp³-hybridized carbons (Fsp3) is 0.929. The number of ether oxygens (including phenoxy) is 1. The van der Waals surface area contributed by atoms with Gasteiger partial charge in [0.1, 0.15) is 0 Å². The number of carbonyl (C=O) groups excluding carboxylic acids is 1. The number of nitrogens with one attached hydrogen (secondary N) is 1. The quantitative estimate of drug-likeness (QED) is 0.752. The zero-order chi connectivity index (χ0) is 13.1. The molecule has 0 aliphatic heterocycles. The molecule has 17 heavy (non-hydrogen) atoms. The summed E-state index contributed by atoms with van der Waals surface area (Å²) in [6.45, 7) is 12.2. The predicted molar refractivity (Wildman–Crippen MR) is 69.8 cm³/mol. The number of rotatable bonds is 5. The van der Waals surface area contributed by atoms with E-state index in [4.69, 9.17) is 4.74 Å². The lowest BCUT2D eigenvalue weighted by molar-refractivity contribution is -0.145. The topological polar surface area (TPSA) is 38.3 Å². The fourth-order valence-electron chi connectivity index (χ4n) is 3.48. The number of carbonyl (C=O) groups is 1. The van der Waals surface area contributed by atoms with Gasteiger partial charge >= 0.3 is 5.97 Å². The van der Waals surface area contributed by atoms with Crippen LogP contribution in [-0.4, -0.2) is 24.7 Å². The van der Waals surface area contributed by atoms with Crippen LogP contribution in [0.15, 0.2) is 0 Å². The summed E-state index contributed by atoms with van der Waals surface area (Å²) in [5.74, 6) is 0.444. The van der Waals surface area contributed by atoms with E-state index in [0.717, 1.165) is 13.0 Å². The third kappa shape index (κ3) is 3.44. The van der Waals surface area contributed by atoms with Crippen molar-refractivity contribution < 1.29 is 9.53 Å². The minimum absolute atomic E-state index is 0.0650. The van der Waals surface area contributed by atoms with Crippen LogP contribution < -0.4 is 5.32 Å². The largest absolute Gasteiger partial charge is 0.466 e. The van der Waals surface area contributed by atoms with Gasteiger partial charge in [-0.15, -0.1) is 0 Å². The number of hydrogen-bond donors (Lipinski definition) is 1. The molecule has 2 atom stereocenters. The summed E-state index contributed by atoms with van der Waals surface area (Å²) < 4.78 is 5.11. The fourth-order valence-corrected chi connectivity index (χ4v) is 3.48. The third-order valence-electron chi connectivity index (χ3n) is 3.89. The van der Waals surface area contributed by atoms with Crippen molar-refractivity contribution in [3.05, 3.63) is 0 Å². The summed E-state index contributed by atoms with van der Waals surface area (Å²) in [7, 11) is 0. The van der Waals surface area contributed by atoms with Crippen molar-refractivity contribution in [3.63, 3.8) is 0 Å². The highest BCUT2D eigenvalue weighted by Crippen LogP contribution is 2.49.